The van der Waals surface area contributed by atoms with Crippen molar-refractivity contribution in [2.75, 3.05) is 0 Å². The molecule has 0 spiro atoms. The van der Waals surface area contributed by atoms with Crippen molar-refractivity contribution < 1.29 is 8.78 Å². The van der Waals surface area contributed by atoms with Crippen molar-refractivity contribution in [2.45, 2.75) is 6.04 Å². The highest BCUT2D eigenvalue weighted by molar-refractivity contribution is 7.08. The van der Waals surface area contributed by atoms with Crippen LogP contribution in [0, 0.1) is 11.6 Å². The first-order chi connectivity index (χ1) is 7.20. The number of hydrogen-bond donors (Lipinski definition) is 1. The van der Waals surface area contributed by atoms with Gasteiger partial charge in [-0.25, -0.2) is 8.78 Å². The van der Waals surface area contributed by atoms with Crippen LogP contribution in [-0.4, -0.2) is 0 Å². The minimum absolute atomic E-state index is 0.188. The Labute approximate surface area is 90.2 Å². The monoisotopic (exact) mass is 225 g/mol. The van der Waals surface area contributed by atoms with Gasteiger partial charge in [-0.05, 0) is 28.5 Å². The Bertz CT molecular complexity index is 454. The van der Waals surface area contributed by atoms with Crippen molar-refractivity contribution in [3.63, 3.8) is 0 Å². The van der Waals surface area contributed by atoms with Crippen LogP contribution < -0.4 is 5.73 Å². The lowest BCUT2D eigenvalue weighted by molar-refractivity contribution is 0.494. The molecule has 1 aromatic heterocycles. The van der Waals surface area contributed by atoms with E-state index in [4.69, 9.17) is 5.73 Å². The van der Waals surface area contributed by atoms with E-state index in [1.54, 1.807) is 6.07 Å². The number of nitrogens with two attached hydrogens (primary N) is 1. The van der Waals surface area contributed by atoms with Crippen molar-refractivity contribution in [3.05, 3.63) is 57.8 Å². The molecule has 0 unspecified atom stereocenters. The van der Waals surface area contributed by atoms with E-state index in [2.05, 4.69) is 0 Å². The summed E-state index contributed by atoms with van der Waals surface area (Å²) in [5.41, 5.74) is 6.81. The summed E-state index contributed by atoms with van der Waals surface area (Å²) >= 11 is 1.48. The van der Waals surface area contributed by atoms with Crippen LogP contribution in [0.25, 0.3) is 0 Å². The van der Waals surface area contributed by atoms with Crippen LogP contribution in [0.15, 0.2) is 35.0 Å². The van der Waals surface area contributed by atoms with Crippen LogP contribution in [0.4, 0.5) is 8.78 Å². The fraction of sp³-hybridized carbons (Fsp3) is 0.0909. The molecule has 1 atom stereocenters. The average molecular weight is 225 g/mol. The van der Waals surface area contributed by atoms with Crippen molar-refractivity contribution in [1.82, 2.24) is 0 Å². The Kier molecular flexibility index (Phi) is 2.79. The molecule has 1 aromatic carbocycles. The lowest BCUT2D eigenvalue weighted by Gasteiger charge is -2.11. The quantitative estimate of drug-likeness (QED) is 0.835. The summed E-state index contributed by atoms with van der Waals surface area (Å²) < 4.78 is 26.3. The normalized spacial score (nSPS) is 12.7. The summed E-state index contributed by atoms with van der Waals surface area (Å²) in [6.45, 7) is 0. The molecule has 0 saturated carbocycles. The molecule has 15 heavy (non-hydrogen) atoms. The third-order valence-corrected chi connectivity index (χ3v) is 2.92. The molecule has 0 amide bonds. The lowest BCUT2D eigenvalue weighted by Crippen LogP contribution is -2.13. The fourth-order valence-electron chi connectivity index (χ4n) is 1.39. The number of hydrogen-bond acceptors (Lipinski definition) is 2. The topological polar surface area (TPSA) is 26.0 Å². The van der Waals surface area contributed by atoms with Gasteiger partial charge < -0.3 is 5.73 Å². The first-order valence-corrected chi connectivity index (χ1v) is 5.36. The SMILES string of the molecule is N[C@H](c1ccsc1)c1cccc(F)c1F. The number of halogens is 2. The van der Waals surface area contributed by atoms with E-state index in [1.165, 1.54) is 23.5 Å². The van der Waals surface area contributed by atoms with Gasteiger partial charge in [0.2, 0.25) is 0 Å². The molecule has 2 N–H and O–H groups in total. The van der Waals surface area contributed by atoms with Crippen LogP contribution in [0.1, 0.15) is 17.2 Å². The minimum atomic E-state index is -0.865. The summed E-state index contributed by atoms with van der Waals surface area (Å²) in [7, 11) is 0. The molecular formula is C11H9F2NS. The summed E-state index contributed by atoms with van der Waals surface area (Å²) in [6.07, 6.45) is 0. The van der Waals surface area contributed by atoms with E-state index >= 15 is 0 Å². The predicted octanol–water partition coefficient (Wildman–Crippen LogP) is 3.07. The number of thiophene rings is 1. The molecule has 1 heterocycles. The molecule has 1 nitrogen and oxygen atoms in total. The second-order valence-electron chi connectivity index (χ2n) is 3.18. The van der Waals surface area contributed by atoms with Crippen molar-refractivity contribution >= 4 is 11.3 Å². The Balaban J connectivity index is 2.42. The van der Waals surface area contributed by atoms with E-state index in [-0.39, 0.29) is 5.56 Å². The van der Waals surface area contributed by atoms with Gasteiger partial charge in [-0.15, -0.1) is 0 Å². The Hall–Kier alpha value is -1.26. The zero-order valence-electron chi connectivity index (χ0n) is 7.78. The zero-order valence-corrected chi connectivity index (χ0v) is 8.60. The van der Waals surface area contributed by atoms with E-state index in [0.29, 0.717) is 0 Å². The molecule has 4 heteroatoms. The summed E-state index contributed by atoms with van der Waals surface area (Å²) in [5, 5.41) is 3.68. The van der Waals surface area contributed by atoms with Gasteiger partial charge >= 0.3 is 0 Å². The average Bonchev–Trinajstić information content (AvgIpc) is 2.74. The molecule has 0 aliphatic heterocycles. The van der Waals surface area contributed by atoms with E-state index in [1.807, 2.05) is 10.8 Å². The summed E-state index contributed by atoms with van der Waals surface area (Å²) in [4.78, 5) is 0. The smallest absolute Gasteiger partial charge is 0.163 e. The fourth-order valence-corrected chi connectivity index (χ4v) is 2.09. The number of benzene rings is 1. The second-order valence-corrected chi connectivity index (χ2v) is 3.96. The third-order valence-electron chi connectivity index (χ3n) is 2.22. The highest BCUT2D eigenvalue weighted by Crippen LogP contribution is 2.24. The van der Waals surface area contributed by atoms with Gasteiger partial charge in [-0.2, -0.15) is 11.3 Å². The Morgan fingerprint density at radius 3 is 2.67 bits per heavy atom. The maximum Gasteiger partial charge on any atom is 0.163 e. The molecule has 0 saturated heterocycles. The first-order valence-electron chi connectivity index (χ1n) is 4.41. The van der Waals surface area contributed by atoms with Crippen molar-refractivity contribution in [1.29, 1.82) is 0 Å². The number of rotatable bonds is 2. The molecule has 0 radical (unpaired) electrons. The summed E-state index contributed by atoms with van der Waals surface area (Å²) in [6, 6.07) is 5.24. The van der Waals surface area contributed by atoms with Crippen molar-refractivity contribution in [2.24, 2.45) is 5.73 Å². The van der Waals surface area contributed by atoms with Crippen LogP contribution in [0.5, 0.6) is 0 Å². The van der Waals surface area contributed by atoms with Crippen molar-refractivity contribution in [3.8, 4) is 0 Å². The van der Waals surface area contributed by atoms with Gasteiger partial charge in [-0.3, -0.25) is 0 Å². The molecular weight excluding hydrogens is 216 g/mol. The van der Waals surface area contributed by atoms with Gasteiger partial charge in [0.05, 0.1) is 6.04 Å². The Morgan fingerprint density at radius 2 is 2.00 bits per heavy atom. The molecule has 0 aliphatic carbocycles. The highest BCUT2D eigenvalue weighted by Gasteiger charge is 2.16. The zero-order chi connectivity index (χ0) is 10.8. The minimum Gasteiger partial charge on any atom is -0.320 e. The molecule has 2 rings (SSSR count). The van der Waals surface area contributed by atoms with Crippen LogP contribution in [0.3, 0.4) is 0 Å². The summed E-state index contributed by atoms with van der Waals surface area (Å²) in [5.74, 6) is -1.73. The highest BCUT2D eigenvalue weighted by atomic mass is 32.1. The van der Waals surface area contributed by atoms with Gasteiger partial charge in [0.15, 0.2) is 11.6 Å². The van der Waals surface area contributed by atoms with E-state index in [0.717, 1.165) is 11.6 Å². The van der Waals surface area contributed by atoms with Gasteiger partial charge in [0.25, 0.3) is 0 Å². The molecule has 0 aliphatic rings. The Morgan fingerprint density at radius 1 is 1.20 bits per heavy atom. The predicted molar refractivity (Wildman–Crippen MR) is 56.7 cm³/mol. The van der Waals surface area contributed by atoms with E-state index < -0.39 is 17.7 Å². The van der Waals surface area contributed by atoms with Crippen LogP contribution in [-0.2, 0) is 0 Å². The maximum atomic E-state index is 13.4. The first kappa shape index (κ1) is 10.3. The van der Waals surface area contributed by atoms with Gasteiger partial charge in [0, 0.05) is 5.56 Å². The maximum absolute atomic E-state index is 13.4. The van der Waals surface area contributed by atoms with Gasteiger partial charge in [-0.1, -0.05) is 12.1 Å². The van der Waals surface area contributed by atoms with E-state index in [9.17, 15) is 8.78 Å². The standard InChI is InChI=1S/C11H9F2NS/c12-9-3-1-2-8(10(9)13)11(14)7-4-5-15-6-7/h1-6,11H,14H2/t11-/m1/s1. The largest absolute Gasteiger partial charge is 0.320 e. The molecule has 2 aromatic rings. The van der Waals surface area contributed by atoms with Crippen LogP contribution in [0.2, 0.25) is 0 Å². The van der Waals surface area contributed by atoms with Crippen LogP contribution >= 0.6 is 11.3 Å². The lowest BCUT2D eigenvalue weighted by atomic mass is 10.0. The second kappa shape index (κ2) is 4.08. The van der Waals surface area contributed by atoms with Gasteiger partial charge in [0.1, 0.15) is 0 Å². The third kappa shape index (κ3) is 1.91. The molecule has 0 fully saturated rings. The molecule has 0 bridgehead atoms. The molecule has 78 valence electrons.